The van der Waals surface area contributed by atoms with Gasteiger partial charge in [0, 0.05) is 30.5 Å². The first-order valence-electron chi connectivity index (χ1n) is 8.87. The molecule has 1 aromatic carbocycles. The molecule has 1 amide bonds. The molecule has 1 aliphatic heterocycles. The Kier molecular flexibility index (Phi) is 5.09. The van der Waals surface area contributed by atoms with Crippen LogP contribution in [0.1, 0.15) is 57.1 Å². The van der Waals surface area contributed by atoms with E-state index < -0.39 is 0 Å². The van der Waals surface area contributed by atoms with Crippen LogP contribution in [0.3, 0.4) is 0 Å². The van der Waals surface area contributed by atoms with Crippen LogP contribution in [-0.4, -0.2) is 18.6 Å². The molecule has 1 heterocycles. The highest BCUT2D eigenvalue weighted by Gasteiger charge is 2.22. The van der Waals surface area contributed by atoms with Crippen LogP contribution in [0.5, 0.6) is 11.5 Å². The number of hydrogen-bond donors (Lipinski definition) is 1. The molecular weight excluding hydrogens is 290 g/mol. The minimum Gasteiger partial charge on any atom is -0.494 e. The lowest BCUT2D eigenvalue weighted by Gasteiger charge is -2.14. The molecule has 126 valence electrons. The average molecular weight is 317 g/mol. The fourth-order valence-corrected chi connectivity index (χ4v) is 3.65. The van der Waals surface area contributed by atoms with Gasteiger partial charge >= 0.3 is 0 Å². The van der Waals surface area contributed by atoms with Crippen molar-refractivity contribution in [2.45, 2.75) is 65.0 Å². The summed E-state index contributed by atoms with van der Waals surface area (Å²) in [6.45, 7) is 5.18. The van der Waals surface area contributed by atoms with Gasteiger partial charge in [-0.1, -0.05) is 12.8 Å². The lowest BCUT2D eigenvalue weighted by Crippen LogP contribution is -2.24. The molecule has 1 N–H and O–H groups in total. The molecule has 1 atom stereocenters. The van der Waals surface area contributed by atoms with Crippen molar-refractivity contribution < 1.29 is 14.3 Å². The van der Waals surface area contributed by atoms with Gasteiger partial charge in [0.15, 0.2) is 0 Å². The maximum Gasteiger partial charge on any atom is 0.220 e. The fraction of sp³-hybridized carbons (Fsp3) is 0.632. The van der Waals surface area contributed by atoms with Crippen LogP contribution >= 0.6 is 0 Å². The number of amides is 1. The maximum atomic E-state index is 12.1. The van der Waals surface area contributed by atoms with Crippen LogP contribution in [-0.2, 0) is 17.8 Å². The summed E-state index contributed by atoms with van der Waals surface area (Å²) >= 11 is 0. The Hall–Kier alpha value is -1.71. The molecule has 1 aliphatic carbocycles. The van der Waals surface area contributed by atoms with Gasteiger partial charge in [-0.2, -0.15) is 0 Å². The lowest BCUT2D eigenvalue weighted by atomic mass is 10.0. The molecule has 1 unspecified atom stereocenters. The summed E-state index contributed by atoms with van der Waals surface area (Å²) in [6, 6.07) is 4.10. The number of ether oxygens (including phenoxy) is 2. The summed E-state index contributed by atoms with van der Waals surface area (Å²) in [4.78, 5) is 12.1. The van der Waals surface area contributed by atoms with Crippen LogP contribution in [0.2, 0.25) is 0 Å². The number of benzene rings is 1. The molecule has 0 bridgehead atoms. The third kappa shape index (κ3) is 3.98. The normalized spacial score (nSPS) is 20.2. The van der Waals surface area contributed by atoms with Crippen molar-refractivity contribution >= 4 is 5.91 Å². The van der Waals surface area contributed by atoms with Gasteiger partial charge in [0.2, 0.25) is 5.91 Å². The van der Waals surface area contributed by atoms with E-state index in [1.54, 1.807) is 0 Å². The fourth-order valence-electron chi connectivity index (χ4n) is 3.65. The van der Waals surface area contributed by atoms with E-state index in [0.29, 0.717) is 25.5 Å². The molecule has 0 spiro atoms. The second-order valence-electron chi connectivity index (χ2n) is 6.76. The van der Waals surface area contributed by atoms with Crippen molar-refractivity contribution in [2.24, 2.45) is 5.92 Å². The first-order valence-corrected chi connectivity index (χ1v) is 8.87. The van der Waals surface area contributed by atoms with Crippen molar-refractivity contribution in [3.63, 3.8) is 0 Å². The van der Waals surface area contributed by atoms with E-state index in [2.05, 4.69) is 18.3 Å². The zero-order valence-corrected chi connectivity index (χ0v) is 14.2. The highest BCUT2D eigenvalue weighted by molar-refractivity contribution is 5.76. The monoisotopic (exact) mass is 317 g/mol. The van der Waals surface area contributed by atoms with Crippen molar-refractivity contribution in [3.05, 3.63) is 23.3 Å². The lowest BCUT2D eigenvalue weighted by molar-refractivity contribution is -0.122. The average Bonchev–Trinajstić information content (AvgIpc) is 3.13. The summed E-state index contributed by atoms with van der Waals surface area (Å²) in [5.74, 6) is 2.52. The molecular formula is C19H27NO3. The van der Waals surface area contributed by atoms with Crippen LogP contribution < -0.4 is 14.8 Å². The van der Waals surface area contributed by atoms with Crippen LogP contribution in [0.4, 0.5) is 0 Å². The molecule has 0 saturated heterocycles. The molecule has 4 nitrogen and oxygen atoms in total. The smallest absolute Gasteiger partial charge is 0.220 e. The Morgan fingerprint density at radius 3 is 2.87 bits per heavy atom. The zero-order chi connectivity index (χ0) is 16.2. The SMILES string of the molecule is CCOc1cc2c(cc1CNC(=O)CC1CCCC1)OC(C)C2. The van der Waals surface area contributed by atoms with Crippen molar-refractivity contribution in [1.29, 1.82) is 0 Å². The molecule has 4 heteroatoms. The standard InChI is InChI=1S/C19H27NO3/c1-3-22-17-10-15-8-13(2)23-18(15)11-16(17)12-20-19(21)9-14-6-4-5-7-14/h10-11,13-14H,3-9,12H2,1-2H3,(H,20,21). The van der Waals surface area contributed by atoms with E-state index in [1.165, 1.54) is 31.2 Å². The van der Waals surface area contributed by atoms with Gasteiger partial charge < -0.3 is 14.8 Å². The second-order valence-corrected chi connectivity index (χ2v) is 6.76. The van der Waals surface area contributed by atoms with Gasteiger partial charge in [-0.05, 0) is 44.7 Å². The molecule has 1 aromatic rings. The number of carbonyl (C=O) groups is 1. The Morgan fingerprint density at radius 2 is 2.13 bits per heavy atom. The number of hydrogen-bond acceptors (Lipinski definition) is 3. The van der Waals surface area contributed by atoms with E-state index in [1.807, 2.05) is 13.0 Å². The highest BCUT2D eigenvalue weighted by Crippen LogP contribution is 2.35. The van der Waals surface area contributed by atoms with Crippen molar-refractivity contribution in [1.82, 2.24) is 5.32 Å². The molecule has 2 aliphatic rings. The summed E-state index contributed by atoms with van der Waals surface area (Å²) in [6.07, 6.45) is 6.72. The van der Waals surface area contributed by atoms with Gasteiger partial charge in [-0.3, -0.25) is 4.79 Å². The van der Waals surface area contributed by atoms with Crippen molar-refractivity contribution in [2.75, 3.05) is 6.61 Å². The molecule has 0 radical (unpaired) electrons. The van der Waals surface area contributed by atoms with E-state index in [4.69, 9.17) is 9.47 Å². The van der Waals surface area contributed by atoms with Gasteiger partial charge in [-0.15, -0.1) is 0 Å². The minimum atomic E-state index is 0.147. The zero-order valence-electron chi connectivity index (χ0n) is 14.2. The molecule has 3 rings (SSSR count). The summed E-state index contributed by atoms with van der Waals surface area (Å²) in [5.41, 5.74) is 2.20. The molecule has 1 saturated carbocycles. The maximum absolute atomic E-state index is 12.1. The Bertz CT molecular complexity index is 564. The first-order chi connectivity index (χ1) is 11.2. The largest absolute Gasteiger partial charge is 0.494 e. The van der Waals surface area contributed by atoms with E-state index in [0.717, 1.165) is 23.5 Å². The summed E-state index contributed by atoms with van der Waals surface area (Å²) in [5, 5.41) is 3.05. The minimum absolute atomic E-state index is 0.147. The number of nitrogens with one attached hydrogen (secondary N) is 1. The Labute approximate surface area is 138 Å². The summed E-state index contributed by atoms with van der Waals surface area (Å²) < 4.78 is 11.6. The molecule has 0 aromatic heterocycles. The predicted octanol–water partition coefficient (Wildman–Crippen LogP) is 3.61. The van der Waals surface area contributed by atoms with Crippen LogP contribution in [0.15, 0.2) is 12.1 Å². The molecule has 23 heavy (non-hydrogen) atoms. The number of carbonyl (C=O) groups excluding carboxylic acids is 1. The van der Waals surface area contributed by atoms with Gasteiger partial charge in [0.25, 0.3) is 0 Å². The molecule has 1 fully saturated rings. The van der Waals surface area contributed by atoms with Crippen molar-refractivity contribution in [3.8, 4) is 11.5 Å². The van der Waals surface area contributed by atoms with Gasteiger partial charge in [-0.25, -0.2) is 0 Å². The van der Waals surface area contributed by atoms with E-state index >= 15 is 0 Å². The van der Waals surface area contributed by atoms with E-state index in [-0.39, 0.29) is 12.0 Å². The third-order valence-corrected chi connectivity index (χ3v) is 4.80. The second kappa shape index (κ2) is 7.24. The van der Waals surface area contributed by atoms with Gasteiger partial charge in [0.1, 0.15) is 17.6 Å². The van der Waals surface area contributed by atoms with Gasteiger partial charge in [0.05, 0.1) is 6.61 Å². The topological polar surface area (TPSA) is 47.6 Å². The number of fused-ring (bicyclic) bond motifs is 1. The van der Waals surface area contributed by atoms with Crippen LogP contribution in [0, 0.1) is 5.92 Å². The highest BCUT2D eigenvalue weighted by atomic mass is 16.5. The predicted molar refractivity (Wildman–Crippen MR) is 89.8 cm³/mol. The Balaban J connectivity index is 1.64. The van der Waals surface area contributed by atoms with Crippen LogP contribution in [0.25, 0.3) is 0 Å². The number of rotatable bonds is 6. The van der Waals surface area contributed by atoms with E-state index in [9.17, 15) is 4.79 Å². The third-order valence-electron chi connectivity index (χ3n) is 4.80. The summed E-state index contributed by atoms with van der Waals surface area (Å²) in [7, 11) is 0. The quantitative estimate of drug-likeness (QED) is 0.872. The first kappa shape index (κ1) is 16.2. The Morgan fingerprint density at radius 1 is 1.35 bits per heavy atom.